The van der Waals surface area contributed by atoms with Crippen LogP contribution in [-0.4, -0.2) is 75.4 Å². The van der Waals surface area contributed by atoms with Crippen LogP contribution in [0.3, 0.4) is 0 Å². The molecule has 0 aliphatic carbocycles. The van der Waals surface area contributed by atoms with Crippen LogP contribution in [-0.2, 0) is 4.74 Å². The van der Waals surface area contributed by atoms with E-state index in [1.54, 1.807) is 0 Å². The molecular formula is C15H31N3O. The first-order valence-corrected chi connectivity index (χ1v) is 7.88. The van der Waals surface area contributed by atoms with Crippen LogP contribution in [0.5, 0.6) is 0 Å². The van der Waals surface area contributed by atoms with E-state index in [1.165, 1.54) is 32.6 Å². The molecule has 2 heterocycles. The summed E-state index contributed by atoms with van der Waals surface area (Å²) in [6, 6.07) is 0.677. The van der Waals surface area contributed by atoms with Gasteiger partial charge in [0.25, 0.3) is 0 Å². The number of likely N-dealkylation sites (N-methyl/N-ethyl adjacent to an activating group) is 1. The Labute approximate surface area is 118 Å². The average Bonchev–Trinajstić information content (AvgIpc) is 2.89. The molecule has 4 nitrogen and oxygen atoms in total. The molecule has 2 unspecified atom stereocenters. The molecule has 4 heteroatoms. The van der Waals surface area contributed by atoms with Crippen molar-refractivity contribution in [2.24, 2.45) is 11.8 Å². The van der Waals surface area contributed by atoms with Crippen LogP contribution in [0.1, 0.15) is 20.3 Å². The Morgan fingerprint density at radius 3 is 2.53 bits per heavy atom. The van der Waals surface area contributed by atoms with Gasteiger partial charge >= 0.3 is 0 Å². The van der Waals surface area contributed by atoms with Gasteiger partial charge in [-0.1, -0.05) is 13.8 Å². The molecule has 0 radical (unpaired) electrons. The second kappa shape index (κ2) is 7.58. The van der Waals surface area contributed by atoms with E-state index < -0.39 is 0 Å². The first-order valence-electron chi connectivity index (χ1n) is 7.88. The monoisotopic (exact) mass is 269 g/mol. The lowest BCUT2D eigenvalue weighted by molar-refractivity contribution is 0.0869. The molecular weight excluding hydrogens is 238 g/mol. The van der Waals surface area contributed by atoms with E-state index in [2.05, 4.69) is 36.0 Å². The van der Waals surface area contributed by atoms with Gasteiger partial charge in [0, 0.05) is 51.9 Å². The third-order valence-corrected chi connectivity index (χ3v) is 4.59. The van der Waals surface area contributed by atoms with Crippen LogP contribution in [0.2, 0.25) is 0 Å². The second-order valence-electron chi connectivity index (χ2n) is 6.54. The normalized spacial score (nSPS) is 28.1. The number of hydrogen-bond acceptors (Lipinski definition) is 4. The van der Waals surface area contributed by atoms with Gasteiger partial charge in [0.15, 0.2) is 0 Å². The number of nitrogens with one attached hydrogen (secondary N) is 1. The fourth-order valence-electron chi connectivity index (χ4n) is 3.12. The molecule has 0 saturated carbocycles. The molecule has 2 atom stereocenters. The van der Waals surface area contributed by atoms with Crippen molar-refractivity contribution < 1.29 is 4.74 Å². The summed E-state index contributed by atoms with van der Waals surface area (Å²) in [5.74, 6) is 1.45. The van der Waals surface area contributed by atoms with E-state index in [0.717, 1.165) is 38.1 Å². The zero-order valence-corrected chi connectivity index (χ0v) is 12.9. The van der Waals surface area contributed by atoms with Crippen molar-refractivity contribution in [1.29, 1.82) is 0 Å². The maximum Gasteiger partial charge on any atom is 0.0507 e. The first kappa shape index (κ1) is 15.2. The minimum absolute atomic E-state index is 0.677. The third-order valence-electron chi connectivity index (χ3n) is 4.59. The highest BCUT2D eigenvalue weighted by Gasteiger charge is 2.25. The number of rotatable bonds is 6. The van der Waals surface area contributed by atoms with Crippen LogP contribution in [0, 0.1) is 11.8 Å². The summed E-state index contributed by atoms with van der Waals surface area (Å²) < 4.78 is 5.43. The van der Waals surface area contributed by atoms with E-state index in [4.69, 9.17) is 4.74 Å². The van der Waals surface area contributed by atoms with E-state index in [9.17, 15) is 0 Å². The average molecular weight is 269 g/mol. The molecule has 2 saturated heterocycles. The van der Waals surface area contributed by atoms with Gasteiger partial charge in [-0.25, -0.2) is 0 Å². The summed E-state index contributed by atoms with van der Waals surface area (Å²) >= 11 is 0. The van der Waals surface area contributed by atoms with Crippen molar-refractivity contribution in [1.82, 2.24) is 15.1 Å². The largest absolute Gasteiger partial charge is 0.381 e. The minimum Gasteiger partial charge on any atom is -0.381 e. The molecule has 0 aromatic heterocycles. The lowest BCUT2D eigenvalue weighted by atomic mass is 10.0. The fraction of sp³-hybridized carbons (Fsp3) is 1.00. The topological polar surface area (TPSA) is 27.7 Å². The summed E-state index contributed by atoms with van der Waals surface area (Å²) in [4.78, 5) is 5.10. The Morgan fingerprint density at radius 1 is 1.21 bits per heavy atom. The lowest BCUT2D eigenvalue weighted by Crippen LogP contribution is -2.54. The van der Waals surface area contributed by atoms with Crippen LogP contribution < -0.4 is 5.32 Å². The van der Waals surface area contributed by atoms with Crippen LogP contribution in [0.25, 0.3) is 0 Å². The Balaban J connectivity index is 1.72. The van der Waals surface area contributed by atoms with Gasteiger partial charge in [-0.3, -0.25) is 4.90 Å². The van der Waals surface area contributed by atoms with Crippen molar-refractivity contribution in [2.75, 3.05) is 59.5 Å². The van der Waals surface area contributed by atoms with Crippen LogP contribution in [0.15, 0.2) is 0 Å². The van der Waals surface area contributed by atoms with Gasteiger partial charge in [0.1, 0.15) is 0 Å². The molecule has 19 heavy (non-hydrogen) atoms. The molecule has 2 aliphatic heterocycles. The summed E-state index contributed by atoms with van der Waals surface area (Å²) in [6.07, 6.45) is 1.23. The van der Waals surface area contributed by atoms with Crippen molar-refractivity contribution in [3.05, 3.63) is 0 Å². The summed E-state index contributed by atoms with van der Waals surface area (Å²) in [5.41, 5.74) is 0. The Bertz CT molecular complexity index is 246. The van der Waals surface area contributed by atoms with E-state index in [1.807, 2.05) is 0 Å². The Kier molecular flexibility index (Phi) is 6.07. The maximum atomic E-state index is 5.43. The number of piperazine rings is 1. The zero-order valence-electron chi connectivity index (χ0n) is 12.9. The molecule has 0 bridgehead atoms. The second-order valence-corrected chi connectivity index (χ2v) is 6.54. The standard InChI is InChI=1S/C15H31N3O/c1-13(2)15(18-7-5-17(3)6-8-18)11-16-10-14-4-9-19-12-14/h13-16H,4-12H2,1-3H3. The van der Waals surface area contributed by atoms with Gasteiger partial charge in [-0.05, 0) is 25.3 Å². The maximum absolute atomic E-state index is 5.43. The number of ether oxygens (including phenoxy) is 1. The summed E-state index contributed by atoms with van der Waals surface area (Å²) in [6.45, 7) is 13.7. The Morgan fingerprint density at radius 2 is 1.95 bits per heavy atom. The minimum atomic E-state index is 0.677. The van der Waals surface area contributed by atoms with Crippen molar-refractivity contribution in [3.8, 4) is 0 Å². The predicted octanol–water partition coefficient (Wildman–Crippen LogP) is 0.885. The molecule has 0 amide bonds. The zero-order chi connectivity index (χ0) is 13.7. The number of nitrogens with zero attached hydrogens (tertiary/aromatic N) is 2. The highest BCUT2D eigenvalue weighted by Crippen LogP contribution is 2.14. The molecule has 2 rings (SSSR count). The van der Waals surface area contributed by atoms with Crippen molar-refractivity contribution in [2.45, 2.75) is 26.3 Å². The van der Waals surface area contributed by atoms with Gasteiger partial charge in [0.05, 0.1) is 6.61 Å². The SMILES string of the molecule is CC(C)C(CNCC1CCOC1)N1CCN(C)CC1. The summed E-state index contributed by atoms with van der Waals surface area (Å²) in [5, 5.41) is 3.68. The highest BCUT2D eigenvalue weighted by molar-refractivity contribution is 4.82. The van der Waals surface area contributed by atoms with Crippen molar-refractivity contribution in [3.63, 3.8) is 0 Å². The molecule has 1 N–H and O–H groups in total. The quantitative estimate of drug-likeness (QED) is 0.775. The predicted molar refractivity (Wildman–Crippen MR) is 79.5 cm³/mol. The molecule has 0 spiro atoms. The van der Waals surface area contributed by atoms with E-state index >= 15 is 0 Å². The van der Waals surface area contributed by atoms with Crippen molar-refractivity contribution >= 4 is 0 Å². The van der Waals surface area contributed by atoms with E-state index in [0.29, 0.717) is 6.04 Å². The summed E-state index contributed by atoms with van der Waals surface area (Å²) in [7, 11) is 2.22. The van der Waals surface area contributed by atoms with Gasteiger partial charge < -0.3 is 15.0 Å². The smallest absolute Gasteiger partial charge is 0.0507 e. The molecule has 0 aromatic rings. The van der Waals surface area contributed by atoms with Gasteiger partial charge in [-0.15, -0.1) is 0 Å². The van der Waals surface area contributed by atoms with Gasteiger partial charge in [0.2, 0.25) is 0 Å². The lowest BCUT2D eigenvalue weighted by Gasteiger charge is -2.40. The van der Waals surface area contributed by atoms with Gasteiger partial charge in [-0.2, -0.15) is 0 Å². The third kappa shape index (κ3) is 4.71. The Hall–Kier alpha value is -0.160. The van der Waals surface area contributed by atoms with E-state index in [-0.39, 0.29) is 0 Å². The molecule has 2 aliphatic rings. The fourth-order valence-corrected chi connectivity index (χ4v) is 3.12. The van der Waals surface area contributed by atoms with Crippen LogP contribution >= 0.6 is 0 Å². The highest BCUT2D eigenvalue weighted by atomic mass is 16.5. The van der Waals surface area contributed by atoms with Crippen LogP contribution in [0.4, 0.5) is 0 Å². The molecule has 112 valence electrons. The first-order chi connectivity index (χ1) is 9.16. The number of hydrogen-bond donors (Lipinski definition) is 1. The molecule has 2 fully saturated rings. The molecule has 0 aromatic carbocycles.